The van der Waals surface area contributed by atoms with E-state index in [0.717, 1.165) is 5.56 Å². The van der Waals surface area contributed by atoms with Gasteiger partial charge in [-0.15, -0.1) is 0 Å². The van der Waals surface area contributed by atoms with E-state index in [1.165, 1.54) is 11.8 Å². The van der Waals surface area contributed by atoms with Crippen molar-refractivity contribution in [3.8, 4) is 5.75 Å². The van der Waals surface area contributed by atoms with Gasteiger partial charge in [0.25, 0.3) is 0 Å². The average molecular weight is 249 g/mol. The van der Waals surface area contributed by atoms with E-state index in [2.05, 4.69) is 0 Å². The van der Waals surface area contributed by atoms with E-state index in [9.17, 15) is 14.7 Å². The standard InChI is InChI=1S/C13H15NO4/c1-7-11-9(5-6-14(7)13(17)18)3-4-10(8(2)15)12(11)16/h3-4,7,16H,5-6H2,1-2H3,(H,17,18). The molecule has 0 radical (unpaired) electrons. The van der Waals surface area contributed by atoms with Gasteiger partial charge in [-0.05, 0) is 31.9 Å². The molecular weight excluding hydrogens is 234 g/mol. The number of carboxylic acid groups (broad SMARTS) is 1. The molecular formula is C13H15NO4. The summed E-state index contributed by atoms with van der Waals surface area (Å²) in [6, 6.07) is 2.95. The van der Waals surface area contributed by atoms with E-state index >= 15 is 0 Å². The fraction of sp³-hybridized carbons (Fsp3) is 0.385. The second kappa shape index (κ2) is 4.33. The van der Waals surface area contributed by atoms with Crippen molar-refractivity contribution in [1.82, 2.24) is 4.90 Å². The third-order valence-corrected chi connectivity index (χ3v) is 3.44. The van der Waals surface area contributed by atoms with E-state index in [1.54, 1.807) is 19.1 Å². The van der Waals surface area contributed by atoms with E-state index < -0.39 is 12.1 Å². The lowest BCUT2D eigenvalue weighted by atomic mass is 9.90. The highest BCUT2D eigenvalue weighted by Crippen LogP contribution is 2.38. The molecule has 1 aliphatic rings. The summed E-state index contributed by atoms with van der Waals surface area (Å²) >= 11 is 0. The lowest BCUT2D eigenvalue weighted by Crippen LogP contribution is -2.38. The molecule has 1 aromatic carbocycles. The number of aromatic hydroxyl groups is 1. The molecule has 2 N–H and O–H groups in total. The molecule has 0 aromatic heterocycles. The van der Waals surface area contributed by atoms with Crippen LogP contribution in [0.4, 0.5) is 4.79 Å². The minimum absolute atomic E-state index is 0.0848. The number of hydrogen-bond donors (Lipinski definition) is 2. The van der Waals surface area contributed by atoms with Gasteiger partial charge in [0.2, 0.25) is 0 Å². The molecule has 0 saturated carbocycles. The van der Waals surface area contributed by atoms with Crippen LogP contribution in [-0.2, 0) is 6.42 Å². The lowest BCUT2D eigenvalue weighted by molar-refractivity contribution is 0.101. The summed E-state index contributed by atoms with van der Waals surface area (Å²) in [6.45, 7) is 3.50. The molecule has 5 nitrogen and oxygen atoms in total. The minimum Gasteiger partial charge on any atom is -0.507 e. The Kier molecular flexibility index (Phi) is 2.98. The largest absolute Gasteiger partial charge is 0.507 e. The molecule has 1 atom stereocenters. The SMILES string of the molecule is CC(=O)c1ccc2c(c1O)C(C)N(C(=O)O)CC2. The van der Waals surface area contributed by atoms with Crippen molar-refractivity contribution in [3.63, 3.8) is 0 Å². The van der Waals surface area contributed by atoms with Gasteiger partial charge in [-0.2, -0.15) is 0 Å². The number of carbonyl (C=O) groups excluding carboxylic acids is 1. The lowest BCUT2D eigenvalue weighted by Gasteiger charge is -2.33. The first kappa shape index (κ1) is 12.4. The molecule has 0 aliphatic carbocycles. The zero-order chi connectivity index (χ0) is 13.4. The normalized spacial score (nSPS) is 18.3. The summed E-state index contributed by atoms with van der Waals surface area (Å²) in [5.41, 5.74) is 1.70. The number of phenolic OH excluding ortho intramolecular Hbond substituents is 1. The van der Waals surface area contributed by atoms with Gasteiger partial charge in [0.05, 0.1) is 11.6 Å². The predicted octanol–water partition coefficient (Wildman–Crippen LogP) is 2.19. The molecule has 1 heterocycles. The first-order valence-electron chi connectivity index (χ1n) is 5.78. The highest BCUT2D eigenvalue weighted by atomic mass is 16.4. The number of fused-ring (bicyclic) bond motifs is 1. The minimum atomic E-state index is -1.01. The van der Waals surface area contributed by atoms with Crippen LogP contribution in [0.5, 0.6) is 5.75 Å². The molecule has 1 amide bonds. The van der Waals surface area contributed by atoms with E-state index in [1.807, 2.05) is 0 Å². The number of ketones is 1. The van der Waals surface area contributed by atoms with Crippen LogP contribution in [0.2, 0.25) is 0 Å². The van der Waals surface area contributed by atoms with Crippen LogP contribution in [0, 0.1) is 0 Å². The highest BCUT2D eigenvalue weighted by Gasteiger charge is 2.31. The summed E-state index contributed by atoms with van der Waals surface area (Å²) in [4.78, 5) is 23.7. The monoisotopic (exact) mass is 249 g/mol. The van der Waals surface area contributed by atoms with Crippen LogP contribution in [0.1, 0.15) is 41.4 Å². The molecule has 5 heteroatoms. The molecule has 0 bridgehead atoms. The molecule has 0 spiro atoms. The predicted molar refractivity (Wildman–Crippen MR) is 65.0 cm³/mol. The van der Waals surface area contributed by atoms with E-state index in [4.69, 9.17) is 5.11 Å². The Labute approximate surface area is 105 Å². The summed E-state index contributed by atoms with van der Waals surface area (Å²) < 4.78 is 0. The Morgan fingerprint density at radius 1 is 1.39 bits per heavy atom. The summed E-state index contributed by atoms with van der Waals surface area (Å²) in [5, 5.41) is 19.2. The second-order valence-electron chi connectivity index (χ2n) is 4.49. The first-order valence-corrected chi connectivity index (χ1v) is 5.78. The van der Waals surface area contributed by atoms with E-state index in [0.29, 0.717) is 18.5 Å². The fourth-order valence-electron chi connectivity index (χ4n) is 2.47. The molecule has 2 rings (SSSR count). The Balaban J connectivity index is 2.55. The Hall–Kier alpha value is -2.04. The zero-order valence-electron chi connectivity index (χ0n) is 10.3. The zero-order valence-corrected chi connectivity index (χ0v) is 10.3. The second-order valence-corrected chi connectivity index (χ2v) is 4.49. The number of Topliss-reactive ketones (excluding diaryl/α,β-unsaturated/α-hetero) is 1. The molecule has 0 fully saturated rings. The Morgan fingerprint density at radius 3 is 2.61 bits per heavy atom. The van der Waals surface area contributed by atoms with Crippen LogP contribution in [-0.4, -0.2) is 33.5 Å². The highest BCUT2D eigenvalue weighted by molar-refractivity contribution is 5.97. The number of phenols is 1. The number of carbonyl (C=O) groups is 2. The maximum Gasteiger partial charge on any atom is 0.407 e. The van der Waals surface area contributed by atoms with Crippen molar-refractivity contribution in [3.05, 3.63) is 28.8 Å². The van der Waals surface area contributed by atoms with Crippen LogP contribution < -0.4 is 0 Å². The molecule has 0 saturated heterocycles. The van der Waals surface area contributed by atoms with Gasteiger partial charge < -0.3 is 15.1 Å². The Morgan fingerprint density at radius 2 is 2.06 bits per heavy atom. The quantitative estimate of drug-likeness (QED) is 0.748. The summed E-state index contributed by atoms with van der Waals surface area (Å²) in [6.07, 6.45) is -0.460. The maximum atomic E-state index is 11.4. The van der Waals surface area contributed by atoms with Crippen LogP contribution in [0.25, 0.3) is 0 Å². The van der Waals surface area contributed by atoms with E-state index in [-0.39, 0.29) is 17.1 Å². The van der Waals surface area contributed by atoms with Crippen molar-refractivity contribution in [2.75, 3.05) is 6.54 Å². The number of benzene rings is 1. The fourth-order valence-corrected chi connectivity index (χ4v) is 2.47. The molecule has 1 aromatic rings. The van der Waals surface area contributed by atoms with Gasteiger partial charge >= 0.3 is 6.09 Å². The smallest absolute Gasteiger partial charge is 0.407 e. The topological polar surface area (TPSA) is 77.8 Å². The first-order chi connectivity index (χ1) is 8.43. The number of amides is 1. The molecule has 96 valence electrons. The van der Waals surface area contributed by atoms with Gasteiger partial charge in [0.15, 0.2) is 5.78 Å². The van der Waals surface area contributed by atoms with Crippen molar-refractivity contribution in [1.29, 1.82) is 0 Å². The van der Waals surface area contributed by atoms with Gasteiger partial charge in [0, 0.05) is 12.1 Å². The van der Waals surface area contributed by atoms with Crippen LogP contribution in [0.15, 0.2) is 12.1 Å². The van der Waals surface area contributed by atoms with Crippen molar-refractivity contribution in [2.24, 2.45) is 0 Å². The van der Waals surface area contributed by atoms with Crippen LogP contribution >= 0.6 is 0 Å². The maximum absolute atomic E-state index is 11.4. The number of rotatable bonds is 1. The van der Waals surface area contributed by atoms with Crippen molar-refractivity contribution >= 4 is 11.9 Å². The number of hydrogen-bond acceptors (Lipinski definition) is 3. The van der Waals surface area contributed by atoms with Crippen molar-refractivity contribution in [2.45, 2.75) is 26.3 Å². The van der Waals surface area contributed by atoms with Gasteiger partial charge in [0.1, 0.15) is 5.75 Å². The van der Waals surface area contributed by atoms with Crippen LogP contribution in [0.3, 0.4) is 0 Å². The van der Waals surface area contributed by atoms with Gasteiger partial charge in [-0.3, -0.25) is 4.79 Å². The number of nitrogens with zero attached hydrogens (tertiary/aromatic N) is 1. The third kappa shape index (κ3) is 1.81. The molecule has 1 unspecified atom stereocenters. The third-order valence-electron chi connectivity index (χ3n) is 3.44. The Bertz CT molecular complexity index is 524. The van der Waals surface area contributed by atoms with Crippen molar-refractivity contribution < 1.29 is 19.8 Å². The molecule has 18 heavy (non-hydrogen) atoms. The van der Waals surface area contributed by atoms with Gasteiger partial charge in [-0.1, -0.05) is 6.07 Å². The van der Waals surface area contributed by atoms with Gasteiger partial charge in [-0.25, -0.2) is 4.79 Å². The molecule has 1 aliphatic heterocycles. The summed E-state index contributed by atoms with van der Waals surface area (Å²) in [5.74, 6) is -0.312. The summed E-state index contributed by atoms with van der Waals surface area (Å²) in [7, 11) is 0. The average Bonchev–Trinajstić information content (AvgIpc) is 2.28.